The molecule has 0 saturated heterocycles. The monoisotopic (exact) mass is 206 g/mol. The highest BCUT2D eigenvalue weighted by Gasteiger charge is 2.08. The largest absolute Gasteiger partial charge is 0.507 e. The van der Waals surface area contributed by atoms with Gasteiger partial charge in [0.1, 0.15) is 5.75 Å². The second-order valence-corrected chi connectivity index (χ2v) is 3.16. The molecule has 0 unspecified atom stereocenters. The van der Waals surface area contributed by atoms with E-state index < -0.39 is 5.91 Å². The highest BCUT2D eigenvalue weighted by Crippen LogP contribution is 2.14. The summed E-state index contributed by atoms with van der Waals surface area (Å²) in [6.07, 6.45) is 0.779. The van der Waals surface area contributed by atoms with Gasteiger partial charge in [-0.2, -0.15) is 5.10 Å². The van der Waals surface area contributed by atoms with Crippen LogP contribution >= 0.6 is 0 Å². The number of carbonyl (C=O) groups is 1. The molecule has 0 saturated carbocycles. The molecule has 80 valence electrons. The van der Waals surface area contributed by atoms with Crippen LogP contribution in [-0.2, 0) is 0 Å². The third-order valence-corrected chi connectivity index (χ3v) is 2.01. The maximum absolute atomic E-state index is 11.5. The fraction of sp³-hybridized carbons (Fsp3) is 0.273. The Morgan fingerprint density at radius 2 is 2.13 bits per heavy atom. The number of phenols is 1. The molecule has 2 N–H and O–H groups in total. The van der Waals surface area contributed by atoms with E-state index in [1.54, 1.807) is 18.2 Å². The summed E-state index contributed by atoms with van der Waals surface area (Å²) >= 11 is 0. The molecule has 0 bridgehead atoms. The van der Waals surface area contributed by atoms with Crippen LogP contribution in [0.15, 0.2) is 29.4 Å². The van der Waals surface area contributed by atoms with Gasteiger partial charge in [0.25, 0.3) is 5.91 Å². The lowest BCUT2D eigenvalue weighted by Crippen LogP contribution is -2.18. The number of rotatable bonds is 3. The number of aromatic hydroxyl groups is 1. The van der Waals surface area contributed by atoms with Crippen molar-refractivity contribution in [2.24, 2.45) is 5.10 Å². The minimum Gasteiger partial charge on any atom is -0.507 e. The van der Waals surface area contributed by atoms with Gasteiger partial charge in [-0.15, -0.1) is 0 Å². The lowest BCUT2D eigenvalue weighted by atomic mass is 10.2. The van der Waals surface area contributed by atoms with E-state index in [0.717, 1.165) is 12.1 Å². The second kappa shape index (κ2) is 5.14. The van der Waals surface area contributed by atoms with Crippen molar-refractivity contribution in [2.75, 3.05) is 0 Å². The van der Waals surface area contributed by atoms with E-state index in [4.69, 9.17) is 0 Å². The first-order valence-corrected chi connectivity index (χ1v) is 4.76. The number of nitrogens with zero attached hydrogens (tertiary/aromatic N) is 1. The average Bonchev–Trinajstić information content (AvgIpc) is 2.26. The van der Waals surface area contributed by atoms with Crippen molar-refractivity contribution in [3.8, 4) is 5.75 Å². The normalized spacial score (nSPS) is 11.2. The third-order valence-electron chi connectivity index (χ3n) is 2.01. The Balaban J connectivity index is 2.74. The summed E-state index contributed by atoms with van der Waals surface area (Å²) in [6.45, 7) is 3.77. The van der Waals surface area contributed by atoms with Gasteiger partial charge in [0, 0.05) is 5.71 Å². The van der Waals surface area contributed by atoms with Gasteiger partial charge in [-0.1, -0.05) is 19.1 Å². The van der Waals surface area contributed by atoms with E-state index in [1.165, 1.54) is 6.07 Å². The molecule has 0 aliphatic rings. The molecule has 15 heavy (non-hydrogen) atoms. The van der Waals surface area contributed by atoms with E-state index in [0.29, 0.717) is 0 Å². The van der Waals surface area contributed by atoms with Crippen molar-refractivity contribution >= 4 is 11.6 Å². The summed E-state index contributed by atoms with van der Waals surface area (Å²) in [7, 11) is 0. The Labute approximate surface area is 88.6 Å². The Morgan fingerprint density at radius 3 is 2.73 bits per heavy atom. The average molecular weight is 206 g/mol. The Hall–Kier alpha value is -1.84. The number of para-hydroxylation sites is 1. The fourth-order valence-electron chi connectivity index (χ4n) is 0.951. The molecule has 0 aromatic heterocycles. The van der Waals surface area contributed by atoms with Gasteiger partial charge in [0.15, 0.2) is 0 Å². The van der Waals surface area contributed by atoms with Crippen molar-refractivity contribution in [3.05, 3.63) is 29.8 Å². The Bertz CT molecular complexity index is 386. The Morgan fingerprint density at radius 1 is 1.47 bits per heavy atom. The van der Waals surface area contributed by atoms with Crippen LogP contribution in [0.3, 0.4) is 0 Å². The molecular weight excluding hydrogens is 192 g/mol. The zero-order valence-electron chi connectivity index (χ0n) is 8.82. The zero-order chi connectivity index (χ0) is 11.3. The Kier molecular flexibility index (Phi) is 3.85. The standard InChI is InChI=1S/C11H14N2O2/c1-3-8(2)12-13-11(15)9-6-4-5-7-10(9)14/h4-7,14H,3H2,1-2H3,(H,13,15)/b12-8-. The lowest BCUT2D eigenvalue weighted by Gasteiger charge is -2.02. The molecule has 1 rings (SSSR count). The van der Waals surface area contributed by atoms with Crippen LogP contribution < -0.4 is 5.43 Å². The van der Waals surface area contributed by atoms with Crippen molar-refractivity contribution < 1.29 is 9.90 Å². The summed E-state index contributed by atoms with van der Waals surface area (Å²) in [5.41, 5.74) is 3.44. The lowest BCUT2D eigenvalue weighted by molar-refractivity contribution is 0.0952. The van der Waals surface area contributed by atoms with Gasteiger partial charge < -0.3 is 5.11 Å². The highest BCUT2D eigenvalue weighted by atomic mass is 16.3. The molecule has 1 aromatic carbocycles. The van der Waals surface area contributed by atoms with Crippen LogP contribution in [0.1, 0.15) is 30.6 Å². The van der Waals surface area contributed by atoms with Gasteiger partial charge in [0.05, 0.1) is 5.56 Å². The molecule has 4 nitrogen and oxygen atoms in total. The van der Waals surface area contributed by atoms with Crippen molar-refractivity contribution in [3.63, 3.8) is 0 Å². The number of phenolic OH excluding ortho intramolecular Hbond substituents is 1. The van der Waals surface area contributed by atoms with Gasteiger partial charge in [-0.25, -0.2) is 5.43 Å². The molecule has 0 spiro atoms. The van der Waals surface area contributed by atoms with Crippen LogP contribution in [-0.4, -0.2) is 16.7 Å². The SMILES string of the molecule is CC/C(C)=N\NC(=O)c1ccccc1O. The third kappa shape index (κ3) is 3.09. The zero-order valence-corrected chi connectivity index (χ0v) is 8.82. The fourth-order valence-corrected chi connectivity index (χ4v) is 0.951. The van der Waals surface area contributed by atoms with E-state index >= 15 is 0 Å². The van der Waals surface area contributed by atoms with Gasteiger partial charge in [-0.05, 0) is 25.5 Å². The predicted octanol–water partition coefficient (Wildman–Crippen LogP) is 1.91. The van der Waals surface area contributed by atoms with E-state index in [1.807, 2.05) is 13.8 Å². The molecule has 0 heterocycles. The molecule has 4 heteroatoms. The summed E-state index contributed by atoms with van der Waals surface area (Å²) in [5.74, 6) is -0.444. The number of hydrogen-bond donors (Lipinski definition) is 2. The van der Waals surface area contributed by atoms with Crippen LogP contribution in [0.5, 0.6) is 5.75 Å². The first-order valence-electron chi connectivity index (χ1n) is 4.76. The molecule has 0 aliphatic carbocycles. The first-order chi connectivity index (χ1) is 7.15. The molecular formula is C11H14N2O2. The number of hydrogen-bond acceptors (Lipinski definition) is 3. The molecule has 0 radical (unpaired) electrons. The first kappa shape index (κ1) is 11.2. The molecule has 1 amide bonds. The minimum atomic E-state index is -0.402. The number of amides is 1. The highest BCUT2D eigenvalue weighted by molar-refractivity contribution is 5.97. The van der Waals surface area contributed by atoms with Gasteiger partial charge in [-0.3, -0.25) is 4.79 Å². The summed E-state index contributed by atoms with van der Waals surface area (Å²) in [4.78, 5) is 11.5. The summed E-state index contributed by atoms with van der Waals surface area (Å²) in [5, 5.41) is 13.3. The topological polar surface area (TPSA) is 61.7 Å². The van der Waals surface area contributed by atoms with Crippen LogP contribution in [0.4, 0.5) is 0 Å². The van der Waals surface area contributed by atoms with E-state index in [2.05, 4.69) is 10.5 Å². The maximum atomic E-state index is 11.5. The molecule has 1 aromatic rings. The van der Waals surface area contributed by atoms with E-state index in [9.17, 15) is 9.90 Å². The number of benzene rings is 1. The van der Waals surface area contributed by atoms with Crippen molar-refractivity contribution in [1.29, 1.82) is 0 Å². The predicted molar refractivity (Wildman–Crippen MR) is 59.0 cm³/mol. The molecule has 0 fully saturated rings. The number of nitrogens with one attached hydrogen (secondary N) is 1. The van der Waals surface area contributed by atoms with E-state index in [-0.39, 0.29) is 11.3 Å². The van der Waals surface area contributed by atoms with Crippen molar-refractivity contribution in [1.82, 2.24) is 5.43 Å². The van der Waals surface area contributed by atoms with Gasteiger partial charge in [0.2, 0.25) is 0 Å². The molecule has 0 atom stereocenters. The quantitative estimate of drug-likeness (QED) is 0.586. The second-order valence-electron chi connectivity index (χ2n) is 3.16. The summed E-state index contributed by atoms with van der Waals surface area (Å²) in [6, 6.07) is 6.35. The van der Waals surface area contributed by atoms with Gasteiger partial charge >= 0.3 is 0 Å². The van der Waals surface area contributed by atoms with Crippen LogP contribution in [0, 0.1) is 0 Å². The molecule has 0 aliphatic heterocycles. The van der Waals surface area contributed by atoms with Crippen LogP contribution in [0.2, 0.25) is 0 Å². The minimum absolute atomic E-state index is 0.0423. The van der Waals surface area contributed by atoms with Crippen molar-refractivity contribution in [2.45, 2.75) is 20.3 Å². The van der Waals surface area contributed by atoms with Crippen LogP contribution in [0.25, 0.3) is 0 Å². The summed E-state index contributed by atoms with van der Waals surface area (Å²) < 4.78 is 0. The smallest absolute Gasteiger partial charge is 0.275 e. The number of hydrazone groups is 1. The number of carbonyl (C=O) groups excluding carboxylic acids is 1. The maximum Gasteiger partial charge on any atom is 0.275 e.